The zero-order valence-electron chi connectivity index (χ0n) is 23.1. The van der Waals surface area contributed by atoms with Crippen molar-refractivity contribution in [1.29, 1.82) is 5.26 Å². The molecule has 39 heavy (non-hydrogen) atoms. The second-order valence-corrected chi connectivity index (χ2v) is 11.1. The average molecular weight is 562 g/mol. The molecular weight excluding hydrogens is 522 g/mol. The molecule has 214 valence electrons. The van der Waals surface area contributed by atoms with Crippen molar-refractivity contribution in [3.05, 3.63) is 45.7 Å². The zero-order valence-corrected chi connectivity index (χ0v) is 23.9. The van der Waals surface area contributed by atoms with E-state index in [2.05, 4.69) is 24.1 Å². The van der Waals surface area contributed by atoms with Crippen molar-refractivity contribution < 1.29 is 23.4 Å². The van der Waals surface area contributed by atoms with Gasteiger partial charge in [-0.05, 0) is 43.5 Å². The molecule has 0 bridgehead atoms. The molecule has 0 radical (unpaired) electrons. The van der Waals surface area contributed by atoms with Gasteiger partial charge in [-0.1, -0.05) is 40.0 Å². The number of rotatable bonds is 16. The molecule has 2 rings (SSSR count). The van der Waals surface area contributed by atoms with Crippen LogP contribution in [0.2, 0.25) is 0 Å². The number of sulfonamides is 1. The minimum absolute atomic E-state index is 0.0286. The highest BCUT2D eigenvalue weighted by Crippen LogP contribution is 2.28. The Labute approximate surface area is 230 Å². The van der Waals surface area contributed by atoms with Crippen LogP contribution >= 0.6 is 0 Å². The van der Waals surface area contributed by atoms with Gasteiger partial charge in [0.15, 0.2) is 5.69 Å². The molecule has 0 aliphatic heterocycles. The number of aromatic nitrogens is 1. The number of hydrogen-bond donors (Lipinski definition) is 2. The maximum absolute atomic E-state index is 13.3. The molecule has 0 fully saturated rings. The van der Waals surface area contributed by atoms with Gasteiger partial charge in [0.1, 0.15) is 11.6 Å². The number of pyridine rings is 1. The monoisotopic (exact) mass is 561 g/mol. The van der Waals surface area contributed by atoms with E-state index >= 15 is 0 Å². The number of nitriles is 1. The molecule has 0 saturated heterocycles. The number of benzene rings is 1. The van der Waals surface area contributed by atoms with Crippen LogP contribution in [0.1, 0.15) is 57.6 Å². The summed E-state index contributed by atoms with van der Waals surface area (Å²) in [5, 5.41) is 36.9. The third-order valence-corrected chi connectivity index (χ3v) is 8.52. The van der Waals surface area contributed by atoms with Crippen LogP contribution in [-0.4, -0.2) is 60.4 Å². The lowest BCUT2D eigenvalue weighted by Gasteiger charge is -2.25. The number of aromatic hydroxyl groups is 1. The summed E-state index contributed by atoms with van der Waals surface area (Å²) in [6.07, 6.45) is 4.03. The van der Waals surface area contributed by atoms with Gasteiger partial charge in [-0.25, -0.2) is 8.42 Å². The highest BCUT2D eigenvalue weighted by molar-refractivity contribution is 7.89. The third kappa shape index (κ3) is 8.19. The van der Waals surface area contributed by atoms with Crippen LogP contribution in [0, 0.1) is 24.2 Å². The van der Waals surface area contributed by atoms with Gasteiger partial charge in [0.2, 0.25) is 15.9 Å². The van der Waals surface area contributed by atoms with Crippen molar-refractivity contribution in [2.24, 2.45) is 16.1 Å². The molecule has 1 aromatic heterocycles. The van der Waals surface area contributed by atoms with Gasteiger partial charge in [0.05, 0.1) is 36.9 Å². The Hall–Kier alpha value is -3.11. The fourth-order valence-electron chi connectivity index (χ4n) is 4.13. The summed E-state index contributed by atoms with van der Waals surface area (Å²) in [6.45, 7) is 8.20. The highest BCUT2D eigenvalue weighted by Gasteiger charge is 2.25. The van der Waals surface area contributed by atoms with Crippen molar-refractivity contribution in [2.45, 2.75) is 64.8 Å². The largest absolute Gasteiger partial charge is 0.493 e. The third-order valence-electron chi connectivity index (χ3n) is 6.56. The van der Waals surface area contributed by atoms with E-state index in [1.165, 1.54) is 35.5 Å². The second-order valence-electron chi connectivity index (χ2n) is 9.14. The number of aliphatic hydroxyl groups is 1. The molecule has 1 heterocycles. The predicted molar refractivity (Wildman–Crippen MR) is 148 cm³/mol. The Bertz CT molecular complexity index is 1320. The Morgan fingerprint density at radius 1 is 1.15 bits per heavy atom. The number of unbranched alkanes of at least 4 members (excludes halogenated alkanes) is 1. The molecule has 12 heteroatoms. The van der Waals surface area contributed by atoms with E-state index in [1.54, 1.807) is 0 Å². The first-order valence-corrected chi connectivity index (χ1v) is 14.7. The molecule has 11 nitrogen and oxygen atoms in total. The molecule has 0 amide bonds. The van der Waals surface area contributed by atoms with Crippen LogP contribution in [0.15, 0.2) is 44.2 Å². The first-order valence-electron chi connectivity index (χ1n) is 13.2. The Morgan fingerprint density at radius 2 is 1.85 bits per heavy atom. The van der Waals surface area contributed by atoms with Crippen molar-refractivity contribution in [3.8, 4) is 11.9 Å². The number of hydrogen-bond acceptors (Lipinski definition) is 9. The van der Waals surface area contributed by atoms with Crippen molar-refractivity contribution >= 4 is 21.4 Å². The van der Waals surface area contributed by atoms with Gasteiger partial charge in [0, 0.05) is 18.7 Å². The van der Waals surface area contributed by atoms with Crippen molar-refractivity contribution in [1.82, 2.24) is 8.87 Å². The van der Waals surface area contributed by atoms with Gasteiger partial charge < -0.3 is 14.9 Å². The fraction of sp³-hybridized carbons (Fsp3) is 0.556. The molecule has 0 aliphatic rings. The molecule has 1 aromatic carbocycles. The summed E-state index contributed by atoms with van der Waals surface area (Å²) in [7, 11) is -3.69. The lowest BCUT2D eigenvalue weighted by molar-refractivity contribution is 0.0854. The van der Waals surface area contributed by atoms with E-state index < -0.39 is 21.5 Å². The average Bonchev–Trinajstić information content (AvgIpc) is 2.93. The minimum Gasteiger partial charge on any atom is -0.493 e. The number of ether oxygens (including phenoxy) is 1. The Balaban J connectivity index is 2.32. The van der Waals surface area contributed by atoms with Crippen LogP contribution in [0.3, 0.4) is 0 Å². The molecule has 2 aromatic rings. The summed E-state index contributed by atoms with van der Waals surface area (Å²) in [5.41, 5.74) is -0.418. The molecule has 0 saturated carbocycles. The quantitative estimate of drug-likeness (QED) is 0.227. The van der Waals surface area contributed by atoms with Crippen LogP contribution < -0.4 is 5.56 Å². The van der Waals surface area contributed by atoms with E-state index in [9.17, 15) is 23.6 Å². The summed E-state index contributed by atoms with van der Waals surface area (Å²) in [4.78, 5) is 13.1. The topological polar surface area (TPSA) is 158 Å². The van der Waals surface area contributed by atoms with Gasteiger partial charge >= 0.3 is 0 Å². The van der Waals surface area contributed by atoms with Gasteiger partial charge in [-0.15, -0.1) is 5.11 Å². The lowest BCUT2D eigenvalue weighted by atomic mass is 9.99. The van der Waals surface area contributed by atoms with E-state index in [0.717, 1.165) is 30.3 Å². The van der Waals surface area contributed by atoms with Gasteiger partial charge in [-0.3, -0.25) is 9.36 Å². The van der Waals surface area contributed by atoms with E-state index in [-0.39, 0.29) is 48.1 Å². The molecular formula is C27H39N5O6S. The van der Waals surface area contributed by atoms with E-state index in [0.29, 0.717) is 24.7 Å². The predicted octanol–water partition coefficient (Wildman–Crippen LogP) is 4.39. The maximum atomic E-state index is 13.3. The Morgan fingerprint density at radius 3 is 2.41 bits per heavy atom. The number of azo groups is 1. The molecule has 0 spiro atoms. The lowest BCUT2D eigenvalue weighted by Crippen LogP contribution is -2.35. The molecule has 1 atom stereocenters. The zero-order chi connectivity index (χ0) is 29.0. The summed E-state index contributed by atoms with van der Waals surface area (Å²) < 4.78 is 34.2. The fourth-order valence-corrected chi connectivity index (χ4v) is 5.66. The molecule has 0 aliphatic carbocycles. The van der Waals surface area contributed by atoms with E-state index in [4.69, 9.17) is 9.84 Å². The van der Waals surface area contributed by atoms with Crippen LogP contribution in [0.25, 0.3) is 0 Å². The van der Waals surface area contributed by atoms with Crippen LogP contribution in [0.4, 0.5) is 11.4 Å². The van der Waals surface area contributed by atoms with Crippen LogP contribution in [-0.2, 0) is 21.3 Å². The highest BCUT2D eigenvalue weighted by atomic mass is 32.2. The number of nitrogens with zero attached hydrogens (tertiary/aromatic N) is 5. The van der Waals surface area contributed by atoms with Crippen molar-refractivity contribution in [2.75, 3.05) is 32.9 Å². The molecule has 1 unspecified atom stereocenters. The second kappa shape index (κ2) is 15.5. The maximum Gasteiger partial charge on any atom is 0.281 e. The minimum atomic E-state index is -3.69. The van der Waals surface area contributed by atoms with Crippen molar-refractivity contribution in [3.63, 3.8) is 0 Å². The summed E-state index contributed by atoms with van der Waals surface area (Å²) in [6, 6.07) is 7.80. The van der Waals surface area contributed by atoms with Gasteiger partial charge in [-0.2, -0.15) is 14.7 Å². The normalized spacial score (nSPS) is 12.7. The first-order chi connectivity index (χ1) is 18.7. The van der Waals surface area contributed by atoms with E-state index in [1.807, 2.05) is 13.0 Å². The summed E-state index contributed by atoms with van der Waals surface area (Å²) in [5.74, 6) is -0.202. The summed E-state index contributed by atoms with van der Waals surface area (Å²) >= 11 is 0. The number of aliphatic hydroxyl groups excluding tert-OH is 1. The smallest absolute Gasteiger partial charge is 0.281 e. The SMILES string of the molecule is CCCCC(CC)CN(CC)S(=O)(=O)c1ccc(N=Nc2c(C)c(C#N)c(O)n(CCOCCO)c2=O)cc1. The standard InChI is InChI=1S/C27H39N5O6S/c1-5-8-9-21(6-2)19-31(7-3)39(36,37)23-12-10-22(11-13-23)29-30-25-20(4)24(18-28)26(34)32(27(25)35)14-16-38-17-15-33/h10-13,21,33-34H,5-9,14-17,19H2,1-4H3. The van der Waals surface area contributed by atoms with Gasteiger partial charge in [0.25, 0.3) is 5.56 Å². The first kappa shape index (κ1) is 32.1. The molecule has 2 N–H and O–H groups in total. The van der Waals surface area contributed by atoms with Crippen LogP contribution in [0.5, 0.6) is 5.88 Å². The Kier molecular flexibility index (Phi) is 12.7.